The number of amides is 1. The third-order valence-electron chi connectivity index (χ3n) is 5.92. The Balaban J connectivity index is 1.44. The maximum Gasteiger partial charge on any atom is 0.243 e. The Morgan fingerprint density at radius 3 is 2.38 bits per heavy atom. The molecule has 1 saturated heterocycles. The first-order valence-corrected chi connectivity index (χ1v) is 12.3. The van der Waals surface area contributed by atoms with Gasteiger partial charge in [0, 0.05) is 32.1 Å². The van der Waals surface area contributed by atoms with Crippen molar-refractivity contribution in [3.63, 3.8) is 0 Å². The number of aryl methyl sites for hydroxylation is 1. The fraction of sp³-hybridized carbons (Fsp3) is 0.458. The van der Waals surface area contributed by atoms with Gasteiger partial charge in [0.25, 0.3) is 0 Å². The average Bonchev–Trinajstić information content (AvgIpc) is 2.80. The highest BCUT2D eigenvalue weighted by Gasteiger charge is 2.30. The van der Waals surface area contributed by atoms with Crippen LogP contribution in [-0.4, -0.2) is 52.5 Å². The van der Waals surface area contributed by atoms with Gasteiger partial charge in [-0.1, -0.05) is 23.8 Å². The van der Waals surface area contributed by atoms with Crippen molar-refractivity contribution in [2.24, 2.45) is 5.92 Å². The monoisotopic (exact) mass is 460 g/mol. The Bertz CT molecular complexity index is 1010. The van der Waals surface area contributed by atoms with E-state index >= 15 is 0 Å². The predicted octanol–water partition coefficient (Wildman–Crippen LogP) is 3.16. The van der Waals surface area contributed by atoms with Crippen LogP contribution in [0.5, 0.6) is 11.5 Å². The summed E-state index contributed by atoms with van der Waals surface area (Å²) >= 11 is 0. The van der Waals surface area contributed by atoms with E-state index < -0.39 is 10.0 Å². The summed E-state index contributed by atoms with van der Waals surface area (Å²) in [6.07, 6.45) is 2.44. The molecule has 0 aromatic heterocycles. The molecule has 1 fully saturated rings. The van der Waals surface area contributed by atoms with Crippen molar-refractivity contribution in [2.45, 2.75) is 37.5 Å². The first kappa shape index (κ1) is 24.1. The average molecular weight is 461 g/mol. The van der Waals surface area contributed by atoms with Crippen LogP contribution in [0.15, 0.2) is 47.4 Å². The summed E-state index contributed by atoms with van der Waals surface area (Å²) in [5.41, 5.74) is 2.03. The topological polar surface area (TPSA) is 84.9 Å². The second-order valence-corrected chi connectivity index (χ2v) is 10.1. The molecule has 0 saturated carbocycles. The summed E-state index contributed by atoms with van der Waals surface area (Å²) in [4.78, 5) is 12.7. The van der Waals surface area contributed by atoms with Crippen molar-refractivity contribution in [1.29, 1.82) is 0 Å². The summed E-state index contributed by atoms with van der Waals surface area (Å²) in [7, 11) is -0.254. The second-order valence-electron chi connectivity index (χ2n) is 8.14. The maximum atomic E-state index is 12.8. The molecule has 174 valence electrons. The Morgan fingerprint density at radius 1 is 1.06 bits per heavy atom. The molecule has 1 amide bonds. The lowest BCUT2D eigenvalue weighted by molar-refractivity contribution is -0.122. The van der Waals surface area contributed by atoms with Crippen molar-refractivity contribution in [1.82, 2.24) is 9.62 Å². The first-order chi connectivity index (χ1) is 15.3. The van der Waals surface area contributed by atoms with E-state index in [1.54, 1.807) is 26.4 Å². The summed E-state index contributed by atoms with van der Waals surface area (Å²) < 4.78 is 37.8. The minimum absolute atomic E-state index is 0.00248. The van der Waals surface area contributed by atoms with Crippen LogP contribution >= 0.6 is 0 Å². The van der Waals surface area contributed by atoms with E-state index in [-0.39, 0.29) is 11.8 Å². The highest BCUT2D eigenvalue weighted by Crippen LogP contribution is 2.26. The van der Waals surface area contributed by atoms with Gasteiger partial charge in [-0.05, 0) is 55.9 Å². The van der Waals surface area contributed by atoms with Gasteiger partial charge in [-0.25, -0.2) is 8.42 Å². The number of ether oxygens (including phenoxy) is 2. The Labute approximate surface area is 190 Å². The molecule has 0 spiro atoms. The van der Waals surface area contributed by atoms with Gasteiger partial charge in [-0.2, -0.15) is 4.31 Å². The summed E-state index contributed by atoms with van der Waals surface area (Å²) in [5, 5.41) is 2.97. The lowest BCUT2D eigenvalue weighted by Crippen LogP contribution is -2.39. The van der Waals surface area contributed by atoms with Crippen molar-refractivity contribution >= 4 is 15.9 Å². The van der Waals surface area contributed by atoms with Crippen LogP contribution in [0, 0.1) is 12.8 Å². The maximum absolute atomic E-state index is 12.8. The highest BCUT2D eigenvalue weighted by atomic mass is 32.2. The molecule has 0 radical (unpaired) electrons. The molecular weight excluding hydrogens is 428 g/mol. The zero-order valence-corrected chi connectivity index (χ0v) is 19.8. The third-order valence-corrected chi connectivity index (χ3v) is 7.83. The molecule has 7 nitrogen and oxygen atoms in total. The molecule has 1 N–H and O–H groups in total. The Morgan fingerprint density at radius 2 is 1.75 bits per heavy atom. The van der Waals surface area contributed by atoms with Crippen LogP contribution in [0.25, 0.3) is 0 Å². The van der Waals surface area contributed by atoms with Crippen molar-refractivity contribution in [3.05, 3.63) is 53.6 Å². The van der Waals surface area contributed by atoms with E-state index in [0.717, 1.165) is 22.6 Å². The highest BCUT2D eigenvalue weighted by molar-refractivity contribution is 7.89. The number of carbonyl (C=O) groups is 1. The molecule has 8 heteroatoms. The van der Waals surface area contributed by atoms with Gasteiger partial charge in [0.15, 0.2) is 0 Å². The van der Waals surface area contributed by atoms with Crippen molar-refractivity contribution < 1.29 is 22.7 Å². The van der Waals surface area contributed by atoms with Gasteiger partial charge >= 0.3 is 0 Å². The summed E-state index contributed by atoms with van der Waals surface area (Å²) in [5.74, 6) is 1.65. The van der Waals surface area contributed by atoms with E-state index in [2.05, 4.69) is 5.32 Å². The molecular formula is C24H32N2O5S. The number of hydrogen-bond acceptors (Lipinski definition) is 5. The zero-order chi connectivity index (χ0) is 23.1. The zero-order valence-electron chi connectivity index (χ0n) is 19.0. The smallest absolute Gasteiger partial charge is 0.243 e. The van der Waals surface area contributed by atoms with Crippen molar-refractivity contribution in [2.75, 3.05) is 33.9 Å². The van der Waals surface area contributed by atoms with Gasteiger partial charge < -0.3 is 14.8 Å². The fourth-order valence-electron chi connectivity index (χ4n) is 3.94. The number of carbonyl (C=O) groups excluding carboxylic acids is 1. The molecule has 32 heavy (non-hydrogen) atoms. The molecule has 1 heterocycles. The molecule has 0 atom stereocenters. The van der Waals surface area contributed by atoms with Crippen LogP contribution in [0.1, 0.15) is 30.4 Å². The number of rotatable bonds is 9. The predicted molar refractivity (Wildman–Crippen MR) is 124 cm³/mol. The van der Waals surface area contributed by atoms with Crippen LogP contribution in [-0.2, 0) is 21.2 Å². The van der Waals surface area contributed by atoms with E-state index in [4.69, 9.17) is 9.47 Å². The molecule has 0 aliphatic carbocycles. The second kappa shape index (κ2) is 10.8. The largest absolute Gasteiger partial charge is 0.497 e. The number of piperidine rings is 1. The minimum Gasteiger partial charge on any atom is -0.497 e. The van der Waals surface area contributed by atoms with Crippen LogP contribution in [0.3, 0.4) is 0 Å². The SMILES string of the molecule is COc1ccc(CCNC(=O)CC2CCN(S(=O)(=O)c3ccc(C)cc3)CC2)c(OC)c1. The number of sulfonamides is 1. The van der Waals surface area contributed by atoms with Gasteiger partial charge in [0.1, 0.15) is 11.5 Å². The number of hydrogen-bond donors (Lipinski definition) is 1. The van der Waals surface area contributed by atoms with Crippen LogP contribution in [0.4, 0.5) is 0 Å². The van der Waals surface area contributed by atoms with Crippen LogP contribution in [0.2, 0.25) is 0 Å². The fourth-order valence-corrected chi connectivity index (χ4v) is 5.41. The van der Waals surface area contributed by atoms with E-state index in [1.165, 1.54) is 4.31 Å². The lowest BCUT2D eigenvalue weighted by Gasteiger charge is -2.31. The van der Waals surface area contributed by atoms with Gasteiger partial charge in [0.05, 0.1) is 19.1 Å². The van der Waals surface area contributed by atoms with Gasteiger partial charge in [-0.15, -0.1) is 0 Å². The number of nitrogens with one attached hydrogen (secondary N) is 1. The van der Waals surface area contributed by atoms with E-state index in [0.29, 0.717) is 50.2 Å². The Kier molecular flexibility index (Phi) is 8.15. The quantitative estimate of drug-likeness (QED) is 0.621. The molecule has 2 aromatic carbocycles. The van der Waals surface area contributed by atoms with E-state index in [1.807, 2.05) is 37.3 Å². The Hall–Kier alpha value is -2.58. The normalized spacial score (nSPS) is 15.3. The molecule has 1 aliphatic rings. The molecule has 1 aliphatic heterocycles. The summed E-state index contributed by atoms with van der Waals surface area (Å²) in [6, 6.07) is 12.6. The number of methoxy groups -OCH3 is 2. The van der Waals surface area contributed by atoms with Gasteiger partial charge in [0.2, 0.25) is 15.9 Å². The van der Waals surface area contributed by atoms with Crippen molar-refractivity contribution in [3.8, 4) is 11.5 Å². The molecule has 2 aromatic rings. The number of nitrogens with zero attached hydrogens (tertiary/aromatic N) is 1. The van der Waals surface area contributed by atoms with Gasteiger partial charge in [-0.3, -0.25) is 4.79 Å². The number of benzene rings is 2. The molecule has 0 unspecified atom stereocenters. The van der Waals surface area contributed by atoms with E-state index in [9.17, 15) is 13.2 Å². The third kappa shape index (κ3) is 6.01. The van der Waals surface area contributed by atoms with Crippen LogP contribution < -0.4 is 14.8 Å². The minimum atomic E-state index is -3.48. The standard InChI is InChI=1S/C24H32N2O5S/c1-18-4-8-22(9-5-18)32(28,29)26-14-11-19(12-15-26)16-24(27)25-13-10-20-6-7-21(30-2)17-23(20)31-3/h4-9,17,19H,10-16H2,1-3H3,(H,25,27). The summed E-state index contributed by atoms with van der Waals surface area (Å²) in [6.45, 7) is 3.33. The molecule has 3 rings (SSSR count). The molecule has 0 bridgehead atoms. The lowest BCUT2D eigenvalue weighted by atomic mass is 9.94. The first-order valence-electron chi connectivity index (χ1n) is 10.9.